The fraction of sp³-hybridized carbons (Fsp3) is 0.350. The molecule has 0 radical (unpaired) electrons. The average molecular weight is 426 g/mol. The van der Waals surface area contributed by atoms with Crippen LogP contribution in [-0.4, -0.2) is 27.4 Å². The van der Waals surface area contributed by atoms with Crippen molar-refractivity contribution in [3.8, 4) is 0 Å². The van der Waals surface area contributed by atoms with Crippen molar-refractivity contribution < 1.29 is 26.4 Å². The van der Waals surface area contributed by atoms with E-state index in [9.17, 15) is 26.4 Å². The molecular formula is C20H21F3N2O3S. The van der Waals surface area contributed by atoms with Gasteiger partial charge in [-0.3, -0.25) is 9.10 Å². The molecule has 1 aliphatic heterocycles. The van der Waals surface area contributed by atoms with Crippen LogP contribution in [-0.2, 0) is 27.4 Å². The molecule has 9 heteroatoms. The van der Waals surface area contributed by atoms with Crippen molar-refractivity contribution in [1.29, 1.82) is 0 Å². The molecule has 1 heterocycles. The predicted molar refractivity (Wildman–Crippen MR) is 104 cm³/mol. The Bertz CT molecular complexity index is 1040. The maximum absolute atomic E-state index is 13.2. The van der Waals surface area contributed by atoms with Crippen molar-refractivity contribution in [2.24, 2.45) is 0 Å². The molecule has 0 spiro atoms. The van der Waals surface area contributed by atoms with E-state index in [1.807, 2.05) is 0 Å². The van der Waals surface area contributed by atoms with E-state index in [-0.39, 0.29) is 23.0 Å². The molecule has 3 rings (SSSR count). The SMILES string of the molecule is CCC(=O)N1CCc2cc(S(=O)(=O)N(CC)c3cccc(C(F)(F)F)c3)ccc21. The summed E-state index contributed by atoms with van der Waals surface area (Å²) in [6.45, 7) is 3.78. The Labute approximate surface area is 167 Å². The molecule has 0 bridgehead atoms. The van der Waals surface area contributed by atoms with Crippen molar-refractivity contribution in [1.82, 2.24) is 0 Å². The maximum atomic E-state index is 13.2. The van der Waals surface area contributed by atoms with Crippen LogP contribution in [0.4, 0.5) is 24.5 Å². The fourth-order valence-electron chi connectivity index (χ4n) is 3.44. The normalized spacial score (nSPS) is 14.0. The van der Waals surface area contributed by atoms with Gasteiger partial charge in [0.15, 0.2) is 0 Å². The number of anilines is 2. The molecule has 0 saturated heterocycles. The third kappa shape index (κ3) is 3.96. The summed E-state index contributed by atoms with van der Waals surface area (Å²) in [7, 11) is -4.07. The lowest BCUT2D eigenvalue weighted by atomic mass is 10.2. The van der Waals surface area contributed by atoms with Crippen LogP contribution in [0.25, 0.3) is 0 Å². The first-order chi connectivity index (χ1) is 13.6. The Morgan fingerprint density at radius 2 is 1.86 bits per heavy atom. The minimum atomic E-state index is -4.57. The lowest BCUT2D eigenvalue weighted by molar-refractivity contribution is -0.137. The van der Waals surface area contributed by atoms with Crippen molar-refractivity contribution in [3.63, 3.8) is 0 Å². The summed E-state index contributed by atoms with van der Waals surface area (Å²) < 4.78 is 66.4. The molecule has 2 aromatic carbocycles. The first-order valence-electron chi connectivity index (χ1n) is 9.23. The number of sulfonamides is 1. The summed E-state index contributed by atoms with van der Waals surface area (Å²) in [4.78, 5) is 13.6. The highest BCUT2D eigenvalue weighted by molar-refractivity contribution is 7.92. The van der Waals surface area contributed by atoms with E-state index in [0.29, 0.717) is 25.1 Å². The molecular weight excluding hydrogens is 405 g/mol. The van der Waals surface area contributed by atoms with E-state index in [1.54, 1.807) is 24.8 Å². The zero-order chi connectivity index (χ0) is 21.4. The van der Waals surface area contributed by atoms with E-state index in [1.165, 1.54) is 24.3 Å². The van der Waals surface area contributed by atoms with Crippen LogP contribution in [0.2, 0.25) is 0 Å². The highest BCUT2D eigenvalue weighted by Gasteiger charge is 2.33. The number of nitrogens with zero attached hydrogens (tertiary/aromatic N) is 2. The molecule has 0 unspecified atom stereocenters. The Morgan fingerprint density at radius 3 is 2.48 bits per heavy atom. The van der Waals surface area contributed by atoms with Crippen LogP contribution in [0.3, 0.4) is 0 Å². The Hall–Kier alpha value is -2.55. The van der Waals surface area contributed by atoms with Crippen LogP contribution in [0.15, 0.2) is 47.4 Å². The third-order valence-corrected chi connectivity index (χ3v) is 6.79. The lowest BCUT2D eigenvalue weighted by Crippen LogP contribution is -2.31. The summed E-state index contributed by atoms with van der Waals surface area (Å²) in [5.74, 6) is -0.0430. The van der Waals surface area contributed by atoms with Gasteiger partial charge in [-0.15, -0.1) is 0 Å². The van der Waals surface area contributed by atoms with Gasteiger partial charge in [0.25, 0.3) is 10.0 Å². The highest BCUT2D eigenvalue weighted by atomic mass is 32.2. The Morgan fingerprint density at radius 1 is 1.14 bits per heavy atom. The number of carbonyl (C=O) groups is 1. The number of benzene rings is 2. The summed E-state index contributed by atoms with van der Waals surface area (Å²) in [5, 5.41) is 0. The largest absolute Gasteiger partial charge is 0.416 e. The first kappa shape index (κ1) is 21.2. The quantitative estimate of drug-likeness (QED) is 0.719. The Balaban J connectivity index is 1.99. The van der Waals surface area contributed by atoms with Crippen molar-refractivity contribution in [3.05, 3.63) is 53.6 Å². The lowest BCUT2D eigenvalue weighted by Gasteiger charge is -2.24. The number of rotatable bonds is 5. The van der Waals surface area contributed by atoms with Crippen LogP contribution in [0.1, 0.15) is 31.4 Å². The zero-order valence-corrected chi connectivity index (χ0v) is 16.8. The van der Waals surface area contributed by atoms with E-state index in [0.717, 1.165) is 22.0 Å². The monoisotopic (exact) mass is 426 g/mol. The molecule has 0 aliphatic carbocycles. The minimum absolute atomic E-state index is 0.0127. The van der Waals surface area contributed by atoms with E-state index >= 15 is 0 Å². The summed E-state index contributed by atoms with van der Waals surface area (Å²) in [6, 6.07) is 8.74. The first-order valence-corrected chi connectivity index (χ1v) is 10.7. The number of hydrogen-bond donors (Lipinski definition) is 0. The topological polar surface area (TPSA) is 57.7 Å². The summed E-state index contributed by atoms with van der Waals surface area (Å²) in [5.41, 5.74) is 0.447. The van der Waals surface area contributed by atoms with Gasteiger partial charge in [0.05, 0.1) is 16.1 Å². The van der Waals surface area contributed by atoms with Crippen molar-refractivity contribution in [2.45, 2.75) is 37.8 Å². The predicted octanol–water partition coefficient (Wildman–Crippen LogP) is 4.22. The number of carbonyl (C=O) groups excluding carboxylic acids is 1. The van der Waals surface area contributed by atoms with Gasteiger partial charge in [0, 0.05) is 25.2 Å². The van der Waals surface area contributed by atoms with Gasteiger partial charge in [-0.05, 0) is 55.3 Å². The van der Waals surface area contributed by atoms with Crippen molar-refractivity contribution >= 4 is 27.3 Å². The van der Waals surface area contributed by atoms with Gasteiger partial charge < -0.3 is 4.90 Å². The molecule has 0 N–H and O–H groups in total. The average Bonchev–Trinajstić information content (AvgIpc) is 3.10. The molecule has 0 atom stereocenters. The molecule has 29 heavy (non-hydrogen) atoms. The van der Waals surface area contributed by atoms with Crippen molar-refractivity contribution in [2.75, 3.05) is 22.3 Å². The maximum Gasteiger partial charge on any atom is 0.416 e. The second-order valence-electron chi connectivity index (χ2n) is 6.66. The number of hydrogen-bond acceptors (Lipinski definition) is 3. The van der Waals surface area contributed by atoms with E-state index in [2.05, 4.69) is 0 Å². The molecule has 1 aliphatic rings. The van der Waals surface area contributed by atoms with Gasteiger partial charge >= 0.3 is 6.18 Å². The zero-order valence-electron chi connectivity index (χ0n) is 16.0. The second kappa shape index (κ2) is 7.70. The van der Waals surface area contributed by atoms with Gasteiger partial charge in [0.1, 0.15) is 0 Å². The number of amides is 1. The molecule has 156 valence electrons. The molecule has 1 amide bonds. The van der Waals surface area contributed by atoms with E-state index < -0.39 is 21.8 Å². The van der Waals surface area contributed by atoms with E-state index in [4.69, 9.17) is 0 Å². The van der Waals surface area contributed by atoms with Gasteiger partial charge in [-0.2, -0.15) is 13.2 Å². The van der Waals surface area contributed by atoms with Crippen LogP contribution >= 0.6 is 0 Å². The smallest absolute Gasteiger partial charge is 0.312 e. The standard InChI is InChI=1S/C20H21F3N2O3S/c1-3-19(26)24-11-10-14-12-17(8-9-18(14)24)29(27,28)25(4-2)16-7-5-6-15(13-16)20(21,22)23/h5-9,12-13H,3-4,10-11H2,1-2H3. The Kier molecular flexibility index (Phi) is 5.62. The van der Waals surface area contributed by atoms with Gasteiger partial charge in [0.2, 0.25) is 5.91 Å². The molecule has 2 aromatic rings. The van der Waals surface area contributed by atoms with Gasteiger partial charge in [-0.1, -0.05) is 13.0 Å². The number of fused-ring (bicyclic) bond motifs is 1. The third-order valence-electron chi connectivity index (χ3n) is 4.89. The van der Waals surface area contributed by atoms with Gasteiger partial charge in [-0.25, -0.2) is 8.42 Å². The minimum Gasteiger partial charge on any atom is -0.312 e. The molecule has 0 saturated carbocycles. The molecule has 0 fully saturated rings. The number of alkyl halides is 3. The highest BCUT2D eigenvalue weighted by Crippen LogP contribution is 2.35. The molecule has 0 aromatic heterocycles. The summed E-state index contributed by atoms with van der Waals surface area (Å²) in [6.07, 6.45) is -3.69. The second-order valence-corrected chi connectivity index (χ2v) is 8.52. The summed E-state index contributed by atoms with van der Waals surface area (Å²) >= 11 is 0. The molecule has 5 nitrogen and oxygen atoms in total. The fourth-order valence-corrected chi connectivity index (χ4v) is 4.96. The number of halogens is 3. The van der Waals surface area contributed by atoms with Crippen LogP contribution in [0.5, 0.6) is 0 Å². The van der Waals surface area contributed by atoms with Crippen LogP contribution < -0.4 is 9.21 Å². The van der Waals surface area contributed by atoms with Crippen LogP contribution in [0, 0.1) is 0 Å².